The van der Waals surface area contributed by atoms with Crippen LogP contribution in [-0.4, -0.2) is 21.6 Å². The number of aliphatic hydroxyl groups is 2. The number of rotatable bonds is 5. The van der Waals surface area contributed by atoms with Crippen LogP contribution in [-0.2, 0) is 6.54 Å². The molecule has 0 saturated carbocycles. The molecule has 0 amide bonds. The molecule has 1 aromatic carbocycles. The quantitative estimate of drug-likeness (QED) is 0.720. The number of halogens is 2. The monoisotopic (exact) mass is 291 g/mol. The van der Waals surface area contributed by atoms with Crippen molar-refractivity contribution in [1.82, 2.24) is 0 Å². The van der Waals surface area contributed by atoms with Crippen LogP contribution >= 0.6 is 15.9 Å². The molecule has 0 saturated heterocycles. The summed E-state index contributed by atoms with van der Waals surface area (Å²) < 4.78 is 12.9. The van der Waals surface area contributed by atoms with Gasteiger partial charge in [-0.2, -0.15) is 0 Å². The van der Waals surface area contributed by atoms with E-state index < -0.39 is 18.0 Å². The molecule has 1 rings (SSSR count). The van der Waals surface area contributed by atoms with Gasteiger partial charge in [0.15, 0.2) is 0 Å². The molecule has 0 fully saturated rings. The molecule has 0 aliphatic rings. The number of hydrogen-bond donors (Lipinski definition) is 3. The molecule has 5 heteroatoms. The van der Waals surface area contributed by atoms with Gasteiger partial charge in [-0.1, -0.05) is 22.0 Å². The first-order chi connectivity index (χ1) is 7.60. The van der Waals surface area contributed by atoms with Crippen LogP contribution in [0, 0.1) is 5.82 Å². The van der Waals surface area contributed by atoms with Gasteiger partial charge in [-0.3, -0.25) is 0 Å². The van der Waals surface area contributed by atoms with E-state index in [1.165, 1.54) is 18.2 Å². The van der Waals surface area contributed by atoms with Gasteiger partial charge < -0.3 is 15.9 Å². The molecule has 0 spiro atoms. The first-order valence-corrected chi connectivity index (χ1v) is 6.12. The second-order valence-corrected chi connectivity index (χ2v) is 4.33. The smallest absolute Gasteiger partial charge is 0.123 e. The summed E-state index contributed by atoms with van der Waals surface area (Å²) in [7, 11) is 0. The first-order valence-electron chi connectivity index (χ1n) is 5.00. The molecule has 4 N–H and O–H groups in total. The molecule has 0 aliphatic heterocycles. The Morgan fingerprint density at radius 2 is 2.06 bits per heavy atom. The van der Waals surface area contributed by atoms with Crippen molar-refractivity contribution in [2.75, 3.05) is 5.33 Å². The SMILES string of the molecule is NCc1cc(F)ccc1C(O)C(O)CCBr. The standard InChI is InChI=1S/C11H15BrFNO2/c12-4-3-10(15)11(16)9-2-1-8(13)5-7(9)6-14/h1-2,5,10-11,15-16H,3-4,6,14H2. The molecule has 3 nitrogen and oxygen atoms in total. The predicted octanol–water partition coefficient (Wildman–Crippen LogP) is 1.46. The molecule has 2 unspecified atom stereocenters. The van der Waals surface area contributed by atoms with Crippen LogP contribution in [0.25, 0.3) is 0 Å². The number of aliphatic hydroxyl groups excluding tert-OH is 2. The van der Waals surface area contributed by atoms with Gasteiger partial charge in [0.25, 0.3) is 0 Å². The van der Waals surface area contributed by atoms with Crippen molar-refractivity contribution in [3.63, 3.8) is 0 Å². The molecule has 0 aliphatic carbocycles. The lowest BCUT2D eigenvalue weighted by Crippen LogP contribution is -2.20. The number of alkyl halides is 1. The van der Waals surface area contributed by atoms with E-state index in [1.807, 2.05) is 0 Å². The topological polar surface area (TPSA) is 66.5 Å². The molecule has 90 valence electrons. The van der Waals surface area contributed by atoms with E-state index in [0.29, 0.717) is 22.9 Å². The fourth-order valence-corrected chi connectivity index (χ4v) is 1.99. The van der Waals surface area contributed by atoms with Crippen molar-refractivity contribution in [3.8, 4) is 0 Å². The van der Waals surface area contributed by atoms with Crippen molar-refractivity contribution in [2.24, 2.45) is 5.73 Å². The minimum atomic E-state index is -1.03. The highest BCUT2D eigenvalue weighted by molar-refractivity contribution is 9.09. The van der Waals surface area contributed by atoms with Gasteiger partial charge in [0.1, 0.15) is 11.9 Å². The number of benzene rings is 1. The molecule has 16 heavy (non-hydrogen) atoms. The first kappa shape index (κ1) is 13.6. The summed E-state index contributed by atoms with van der Waals surface area (Å²) in [6.45, 7) is 0.130. The summed E-state index contributed by atoms with van der Waals surface area (Å²) in [5.74, 6) is -0.397. The molecule has 0 radical (unpaired) electrons. The van der Waals surface area contributed by atoms with Crippen molar-refractivity contribution in [1.29, 1.82) is 0 Å². The van der Waals surface area contributed by atoms with Crippen LogP contribution in [0.2, 0.25) is 0 Å². The van der Waals surface area contributed by atoms with Gasteiger partial charge in [-0.05, 0) is 29.7 Å². The molecule has 0 aromatic heterocycles. The molecule has 0 bridgehead atoms. The second-order valence-electron chi connectivity index (χ2n) is 3.54. The summed E-state index contributed by atoms with van der Waals surface area (Å²) >= 11 is 3.18. The highest BCUT2D eigenvalue weighted by atomic mass is 79.9. The Bertz CT molecular complexity index is 349. The predicted molar refractivity (Wildman–Crippen MR) is 63.7 cm³/mol. The van der Waals surface area contributed by atoms with Crippen LogP contribution in [0.1, 0.15) is 23.7 Å². The normalized spacial score (nSPS) is 14.8. The maximum absolute atomic E-state index is 12.9. The largest absolute Gasteiger partial charge is 0.390 e. The van der Waals surface area contributed by atoms with E-state index in [-0.39, 0.29) is 6.54 Å². The maximum atomic E-state index is 12.9. The van der Waals surface area contributed by atoms with Gasteiger partial charge in [0.2, 0.25) is 0 Å². The Labute approximate surface area is 102 Å². The van der Waals surface area contributed by atoms with Crippen LogP contribution in [0.5, 0.6) is 0 Å². The average molecular weight is 292 g/mol. The highest BCUT2D eigenvalue weighted by Gasteiger charge is 2.20. The van der Waals surface area contributed by atoms with E-state index in [1.54, 1.807) is 0 Å². The van der Waals surface area contributed by atoms with E-state index in [4.69, 9.17) is 5.73 Å². The molecular weight excluding hydrogens is 277 g/mol. The Morgan fingerprint density at radius 1 is 1.38 bits per heavy atom. The Morgan fingerprint density at radius 3 is 2.62 bits per heavy atom. The third-order valence-electron chi connectivity index (χ3n) is 2.41. The fraction of sp³-hybridized carbons (Fsp3) is 0.455. The van der Waals surface area contributed by atoms with E-state index in [9.17, 15) is 14.6 Å². The minimum Gasteiger partial charge on any atom is -0.390 e. The zero-order valence-corrected chi connectivity index (χ0v) is 10.3. The van der Waals surface area contributed by atoms with Crippen LogP contribution in [0.15, 0.2) is 18.2 Å². The Kier molecular flexibility index (Phi) is 5.34. The van der Waals surface area contributed by atoms with Gasteiger partial charge in [-0.25, -0.2) is 4.39 Å². The van der Waals surface area contributed by atoms with E-state index in [0.717, 1.165) is 0 Å². The van der Waals surface area contributed by atoms with Crippen molar-refractivity contribution in [3.05, 3.63) is 35.1 Å². The lowest BCUT2D eigenvalue weighted by Gasteiger charge is -2.19. The van der Waals surface area contributed by atoms with Gasteiger partial charge in [0, 0.05) is 11.9 Å². The van der Waals surface area contributed by atoms with Crippen LogP contribution in [0.3, 0.4) is 0 Å². The summed E-state index contributed by atoms with van der Waals surface area (Å²) in [6.07, 6.45) is -1.49. The zero-order valence-electron chi connectivity index (χ0n) is 8.74. The van der Waals surface area contributed by atoms with Crippen LogP contribution in [0.4, 0.5) is 4.39 Å². The molecule has 0 heterocycles. The molecule has 1 aromatic rings. The lowest BCUT2D eigenvalue weighted by atomic mass is 9.97. The van der Waals surface area contributed by atoms with E-state index >= 15 is 0 Å². The van der Waals surface area contributed by atoms with E-state index in [2.05, 4.69) is 15.9 Å². The maximum Gasteiger partial charge on any atom is 0.123 e. The van der Waals surface area contributed by atoms with Gasteiger partial charge in [-0.15, -0.1) is 0 Å². The third-order valence-corrected chi connectivity index (χ3v) is 2.87. The fourth-order valence-electron chi connectivity index (χ4n) is 1.52. The summed E-state index contributed by atoms with van der Waals surface area (Å²) in [6, 6.07) is 3.98. The average Bonchev–Trinajstić information content (AvgIpc) is 2.28. The van der Waals surface area contributed by atoms with Crippen molar-refractivity contribution >= 4 is 15.9 Å². The summed E-state index contributed by atoms with van der Waals surface area (Å²) in [5.41, 5.74) is 6.46. The highest BCUT2D eigenvalue weighted by Crippen LogP contribution is 2.23. The summed E-state index contributed by atoms with van der Waals surface area (Å²) in [4.78, 5) is 0. The van der Waals surface area contributed by atoms with Crippen molar-refractivity contribution in [2.45, 2.75) is 25.2 Å². The Hall–Kier alpha value is -0.490. The third kappa shape index (κ3) is 3.25. The lowest BCUT2D eigenvalue weighted by molar-refractivity contribution is 0.0168. The van der Waals surface area contributed by atoms with Gasteiger partial charge >= 0.3 is 0 Å². The number of nitrogens with two attached hydrogens (primary N) is 1. The minimum absolute atomic E-state index is 0.130. The zero-order chi connectivity index (χ0) is 12.1. The van der Waals surface area contributed by atoms with Gasteiger partial charge in [0.05, 0.1) is 6.10 Å². The molecule has 2 atom stereocenters. The number of hydrogen-bond acceptors (Lipinski definition) is 3. The van der Waals surface area contributed by atoms with Crippen LogP contribution < -0.4 is 5.73 Å². The Balaban J connectivity index is 2.93. The molecular formula is C11H15BrFNO2. The second kappa shape index (κ2) is 6.30. The summed E-state index contributed by atoms with van der Waals surface area (Å²) in [5, 5.41) is 20.1. The van der Waals surface area contributed by atoms with Crippen molar-refractivity contribution < 1.29 is 14.6 Å².